The quantitative estimate of drug-likeness (QED) is 0.889. The highest BCUT2D eigenvalue weighted by molar-refractivity contribution is 5.80. The number of hydrogen-bond acceptors (Lipinski definition) is 4. The SMILES string of the molecule is CC(C)Cn1ccnc(NCC(=O)N2CCCCC2)c1=O. The Morgan fingerprint density at radius 1 is 1.33 bits per heavy atom. The van der Waals surface area contributed by atoms with Crippen LogP contribution in [0, 0.1) is 5.92 Å². The zero-order valence-corrected chi connectivity index (χ0v) is 12.8. The third-order valence-electron chi connectivity index (χ3n) is 3.59. The van der Waals surface area contributed by atoms with Gasteiger partial charge in [-0.05, 0) is 25.2 Å². The first-order chi connectivity index (χ1) is 10.1. The predicted octanol–water partition coefficient (Wildman–Crippen LogP) is 1.32. The maximum Gasteiger partial charge on any atom is 0.293 e. The third kappa shape index (κ3) is 4.31. The molecule has 1 aliphatic heterocycles. The van der Waals surface area contributed by atoms with Crippen LogP contribution < -0.4 is 10.9 Å². The Hall–Kier alpha value is -1.85. The highest BCUT2D eigenvalue weighted by Gasteiger charge is 2.16. The minimum Gasteiger partial charge on any atom is -0.356 e. The number of likely N-dealkylation sites (tertiary alicyclic amines) is 1. The number of nitrogens with zero attached hydrogens (tertiary/aromatic N) is 3. The molecule has 0 saturated carbocycles. The topological polar surface area (TPSA) is 67.2 Å². The second-order valence-corrected chi connectivity index (χ2v) is 5.92. The largest absolute Gasteiger partial charge is 0.356 e. The molecule has 1 aromatic rings. The van der Waals surface area contributed by atoms with Gasteiger partial charge in [-0.2, -0.15) is 0 Å². The second-order valence-electron chi connectivity index (χ2n) is 5.92. The van der Waals surface area contributed by atoms with Crippen molar-refractivity contribution in [2.75, 3.05) is 25.0 Å². The van der Waals surface area contributed by atoms with Crippen LogP contribution in [0.1, 0.15) is 33.1 Å². The van der Waals surface area contributed by atoms with Crippen LogP contribution in [-0.2, 0) is 11.3 Å². The first kappa shape index (κ1) is 15.5. The molecule has 0 bridgehead atoms. The molecule has 1 aliphatic rings. The summed E-state index contributed by atoms with van der Waals surface area (Å²) in [5, 5.41) is 2.89. The fraction of sp³-hybridized carbons (Fsp3) is 0.667. The summed E-state index contributed by atoms with van der Waals surface area (Å²) >= 11 is 0. The van der Waals surface area contributed by atoms with E-state index < -0.39 is 0 Å². The Labute approximate surface area is 125 Å². The van der Waals surface area contributed by atoms with E-state index in [1.54, 1.807) is 17.0 Å². The van der Waals surface area contributed by atoms with Gasteiger partial charge in [0, 0.05) is 32.0 Å². The molecule has 1 aromatic heterocycles. The van der Waals surface area contributed by atoms with Crippen molar-refractivity contribution in [2.45, 2.75) is 39.7 Å². The Bertz CT molecular complexity index is 533. The Morgan fingerprint density at radius 2 is 2.05 bits per heavy atom. The van der Waals surface area contributed by atoms with Gasteiger partial charge in [0.15, 0.2) is 5.82 Å². The highest BCUT2D eigenvalue weighted by atomic mass is 16.2. The van der Waals surface area contributed by atoms with E-state index in [1.165, 1.54) is 6.42 Å². The monoisotopic (exact) mass is 292 g/mol. The van der Waals surface area contributed by atoms with Gasteiger partial charge in [0.1, 0.15) is 0 Å². The average molecular weight is 292 g/mol. The van der Waals surface area contributed by atoms with E-state index in [0.29, 0.717) is 12.5 Å². The Balaban J connectivity index is 1.96. The van der Waals surface area contributed by atoms with E-state index in [4.69, 9.17) is 0 Å². The first-order valence-corrected chi connectivity index (χ1v) is 7.65. The van der Waals surface area contributed by atoms with Crippen molar-refractivity contribution in [3.05, 3.63) is 22.7 Å². The van der Waals surface area contributed by atoms with Crippen molar-refractivity contribution in [3.63, 3.8) is 0 Å². The van der Waals surface area contributed by atoms with Gasteiger partial charge >= 0.3 is 0 Å². The van der Waals surface area contributed by atoms with E-state index in [-0.39, 0.29) is 23.8 Å². The maximum atomic E-state index is 12.2. The van der Waals surface area contributed by atoms with Crippen LogP contribution in [0.4, 0.5) is 5.82 Å². The molecule has 0 unspecified atom stereocenters. The summed E-state index contributed by atoms with van der Waals surface area (Å²) < 4.78 is 1.63. The lowest BCUT2D eigenvalue weighted by Crippen LogP contribution is -2.40. The summed E-state index contributed by atoms with van der Waals surface area (Å²) in [6.45, 7) is 6.53. The molecule has 116 valence electrons. The van der Waals surface area contributed by atoms with Crippen LogP contribution in [0.3, 0.4) is 0 Å². The van der Waals surface area contributed by atoms with Crippen LogP contribution in [0.25, 0.3) is 0 Å². The van der Waals surface area contributed by atoms with E-state index in [2.05, 4.69) is 24.1 Å². The standard InChI is InChI=1S/C15H24N4O2/c1-12(2)11-19-9-6-16-14(15(19)21)17-10-13(20)18-7-4-3-5-8-18/h6,9,12H,3-5,7-8,10-11H2,1-2H3,(H,16,17). The van der Waals surface area contributed by atoms with Gasteiger partial charge in [-0.3, -0.25) is 9.59 Å². The van der Waals surface area contributed by atoms with Crippen molar-refractivity contribution in [1.29, 1.82) is 0 Å². The lowest BCUT2D eigenvalue weighted by molar-refractivity contribution is -0.130. The van der Waals surface area contributed by atoms with Gasteiger partial charge in [0.25, 0.3) is 5.56 Å². The Morgan fingerprint density at radius 3 is 2.71 bits per heavy atom. The number of carbonyl (C=O) groups is 1. The van der Waals surface area contributed by atoms with Crippen molar-refractivity contribution < 1.29 is 4.79 Å². The molecule has 0 radical (unpaired) electrons. The number of amides is 1. The summed E-state index contributed by atoms with van der Waals surface area (Å²) in [5.74, 6) is 0.673. The Kier molecular flexibility index (Phi) is 5.36. The number of carbonyl (C=O) groups excluding carboxylic acids is 1. The smallest absolute Gasteiger partial charge is 0.293 e. The maximum absolute atomic E-state index is 12.2. The van der Waals surface area contributed by atoms with E-state index in [1.807, 2.05) is 4.90 Å². The number of aromatic nitrogens is 2. The van der Waals surface area contributed by atoms with Crippen LogP contribution in [0.15, 0.2) is 17.2 Å². The summed E-state index contributed by atoms with van der Waals surface area (Å²) in [6.07, 6.45) is 6.60. The molecule has 1 N–H and O–H groups in total. The summed E-state index contributed by atoms with van der Waals surface area (Å²) in [5.41, 5.74) is -0.169. The average Bonchev–Trinajstić information content (AvgIpc) is 2.48. The molecule has 0 aromatic carbocycles. The number of nitrogens with one attached hydrogen (secondary N) is 1. The fourth-order valence-electron chi connectivity index (χ4n) is 2.52. The lowest BCUT2D eigenvalue weighted by Gasteiger charge is -2.26. The van der Waals surface area contributed by atoms with E-state index in [9.17, 15) is 9.59 Å². The van der Waals surface area contributed by atoms with Gasteiger partial charge in [-0.25, -0.2) is 4.98 Å². The zero-order valence-electron chi connectivity index (χ0n) is 12.8. The molecule has 6 heteroatoms. The van der Waals surface area contributed by atoms with Crippen molar-refractivity contribution in [2.24, 2.45) is 5.92 Å². The number of rotatable bonds is 5. The minimum atomic E-state index is -0.169. The minimum absolute atomic E-state index is 0.0372. The van der Waals surface area contributed by atoms with Gasteiger partial charge < -0.3 is 14.8 Å². The number of piperidine rings is 1. The fourth-order valence-corrected chi connectivity index (χ4v) is 2.52. The summed E-state index contributed by atoms with van der Waals surface area (Å²) in [4.78, 5) is 30.2. The molecule has 1 fully saturated rings. The van der Waals surface area contributed by atoms with Crippen molar-refractivity contribution in [3.8, 4) is 0 Å². The predicted molar refractivity (Wildman–Crippen MR) is 82.3 cm³/mol. The molecule has 1 amide bonds. The number of hydrogen-bond donors (Lipinski definition) is 1. The first-order valence-electron chi connectivity index (χ1n) is 7.65. The molecule has 1 saturated heterocycles. The van der Waals surface area contributed by atoms with Gasteiger partial charge in [-0.15, -0.1) is 0 Å². The summed E-state index contributed by atoms with van der Waals surface area (Å²) in [7, 11) is 0. The van der Waals surface area contributed by atoms with E-state index in [0.717, 1.165) is 25.9 Å². The molecular weight excluding hydrogens is 268 g/mol. The van der Waals surface area contributed by atoms with Crippen LogP contribution >= 0.6 is 0 Å². The summed E-state index contributed by atoms with van der Waals surface area (Å²) in [6, 6.07) is 0. The van der Waals surface area contributed by atoms with E-state index >= 15 is 0 Å². The lowest BCUT2D eigenvalue weighted by atomic mass is 10.1. The van der Waals surface area contributed by atoms with Gasteiger partial charge in [0.2, 0.25) is 5.91 Å². The van der Waals surface area contributed by atoms with Gasteiger partial charge in [-0.1, -0.05) is 13.8 Å². The van der Waals surface area contributed by atoms with Crippen LogP contribution in [0.5, 0.6) is 0 Å². The molecule has 2 rings (SSSR count). The van der Waals surface area contributed by atoms with Gasteiger partial charge in [0.05, 0.1) is 6.54 Å². The molecule has 21 heavy (non-hydrogen) atoms. The molecule has 0 spiro atoms. The normalized spacial score (nSPS) is 15.3. The molecular formula is C15H24N4O2. The molecule has 0 atom stereocenters. The number of anilines is 1. The van der Waals surface area contributed by atoms with Crippen molar-refractivity contribution in [1.82, 2.24) is 14.5 Å². The molecule has 2 heterocycles. The third-order valence-corrected chi connectivity index (χ3v) is 3.59. The highest BCUT2D eigenvalue weighted by Crippen LogP contribution is 2.08. The van der Waals surface area contributed by atoms with Crippen molar-refractivity contribution >= 4 is 11.7 Å². The molecule has 6 nitrogen and oxygen atoms in total. The molecule has 0 aliphatic carbocycles. The second kappa shape index (κ2) is 7.24. The van der Waals surface area contributed by atoms with Crippen LogP contribution in [-0.4, -0.2) is 40.0 Å². The van der Waals surface area contributed by atoms with Crippen LogP contribution in [0.2, 0.25) is 0 Å². The zero-order chi connectivity index (χ0) is 15.2.